The quantitative estimate of drug-likeness (QED) is 0.860. The van der Waals surface area contributed by atoms with E-state index in [2.05, 4.69) is 17.1 Å². The Morgan fingerprint density at radius 3 is 2.40 bits per heavy atom. The minimum absolute atomic E-state index is 0.674. The highest BCUT2D eigenvalue weighted by molar-refractivity contribution is 8.14. The van der Waals surface area contributed by atoms with E-state index in [0.29, 0.717) is 6.54 Å². The number of methoxy groups -OCH3 is 2. The first kappa shape index (κ1) is 13.1. The summed E-state index contributed by atoms with van der Waals surface area (Å²) in [5.41, 5.74) is 2.32. The van der Waals surface area contributed by atoms with Crippen molar-refractivity contribution in [1.29, 1.82) is 0 Å². The van der Waals surface area contributed by atoms with Crippen LogP contribution in [0.4, 0.5) is 0 Å². The van der Waals surface area contributed by atoms with E-state index in [9.17, 15) is 0 Å². The highest BCUT2D eigenvalue weighted by Crippen LogP contribution is 2.39. The predicted octanol–water partition coefficient (Wildman–Crippen LogP) is 3.76. The molecule has 102 valence electrons. The van der Waals surface area contributed by atoms with Gasteiger partial charge in [0.2, 0.25) is 0 Å². The topological polar surface area (TPSA) is 30.8 Å². The number of hydrogen-bond acceptors (Lipinski definition) is 4. The van der Waals surface area contributed by atoms with Crippen molar-refractivity contribution in [2.45, 2.75) is 11.4 Å². The molecule has 3 nitrogen and oxygen atoms in total. The molecule has 0 spiro atoms. The lowest BCUT2D eigenvalue weighted by Gasteiger charge is -2.18. The van der Waals surface area contributed by atoms with Crippen LogP contribution in [0.3, 0.4) is 0 Å². The van der Waals surface area contributed by atoms with E-state index in [-0.39, 0.29) is 0 Å². The molecule has 1 aliphatic heterocycles. The Labute approximate surface area is 122 Å². The lowest BCUT2D eigenvalue weighted by Crippen LogP contribution is -2.04. The minimum Gasteiger partial charge on any atom is -0.493 e. The Kier molecular flexibility index (Phi) is 3.65. The summed E-state index contributed by atoms with van der Waals surface area (Å²) in [6.45, 7) is 0.674. The number of thioether (sulfide) groups is 1. The Morgan fingerprint density at radius 1 is 1.00 bits per heavy atom. The van der Waals surface area contributed by atoms with Gasteiger partial charge < -0.3 is 9.47 Å². The fraction of sp³-hybridized carbons (Fsp3) is 0.188. The van der Waals surface area contributed by atoms with E-state index in [0.717, 1.165) is 22.1 Å². The SMILES string of the molecule is COc1cc2c(cc1OC)SC(c1ccccc1)=NC2. The van der Waals surface area contributed by atoms with Gasteiger partial charge in [0.15, 0.2) is 11.5 Å². The largest absolute Gasteiger partial charge is 0.493 e. The summed E-state index contributed by atoms with van der Waals surface area (Å²) in [6, 6.07) is 14.3. The molecular weight excluding hydrogens is 270 g/mol. The van der Waals surface area contributed by atoms with Crippen LogP contribution in [0, 0.1) is 0 Å². The molecule has 0 fully saturated rings. The van der Waals surface area contributed by atoms with Crippen molar-refractivity contribution < 1.29 is 9.47 Å². The summed E-state index contributed by atoms with van der Waals surface area (Å²) in [5.74, 6) is 1.51. The lowest BCUT2D eigenvalue weighted by molar-refractivity contribution is 0.353. The monoisotopic (exact) mass is 285 g/mol. The van der Waals surface area contributed by atoms with Gasteiger partial charge in [-0.15, -0.1) is 0 Å². The van der Waals surface area contributed by atoms with E-state index < -0.39 is 0 Å². The molecule has 1 aliphatic rings. The Balaban J connectivity index is 1.95. The molecule has 2 aromatic carbocycles. The molecule has 2 aromatic rings. The average molecular weight is 285 g/mol. The zero-order valence-corrected chi connectivity index (χ0v) is 12.2. The van der Waals surface area contributed by atoms with Crippen molar-refractivity contribution in [3.05, 3.63) is 53.6 Å². The first-order valence-electron chi connectivity index (χ1n) is 6.34. The predicted molar refractivity (Wildman–Crippen MR) is 82.1 cm³/mol. The van der Waals surface area contributed by atoms with Crippen LogP contribution in [0.5, 0.6) is 11.5 Å². The van der Waals surface area contributed by atoms with Crippen molar-refractivity contribution in [3.63, 3.8) is 0 Å². The first-order valence-corrected chi connectivity index (χ1v) is 7.16. The average Bonchev–Trinajstić information content (AvgIpc) is 2.53. The maximum Gasteiger partial charge on any atom is 0.161 e. The minimum atomic E-state index is 0.674. The summed E-state index contributed by atoms with van der Waals surface area (Å²) in [7, 11) is 3.31. The van der Waals surface area contributed by atoms with Crippen LogP contribution in [0.15, 0.2) is 52.4 Å². The van der Waals surface area contributed by atoms with Gasteiger partial charge in [0, 0.05) is 10.5 Å². The normalized spacial score (nSPS) is 13.4. The van der Waals surface area contributed by atoms with E-state index in [4.69, 9.17) is 9.47 Å². The third-order valence-electron chi connectivity index (χ3n) is 3.19. The Bertz CT molecular complexity index is 653. The number of rotatable bonds is 3. The van der Waals surface area contributed by atoms with Gasteiger partial charge in [-0.3, -0.25) is 4.99 Å². The van der Waals surface area contributed by atoms with Gasteiger partial charge in [0.1, 0.15) is 5.04 Å². The van der Waals surface area contributed by atoms with Gasteiger partial charge >= 0.3 is 0 Å². The van der Waals surface area contributed by atoms with Crippen LogP contribution in [0.2, 0.25) is 0 Å². The van der Waals surface area contributed by atoms with E-state index in [1.165, 1.54) is 10.5 Å². The first-order chi connectivity index (χ1) is 9.81. The maximum atomic E-state index is 5.37. The number of hydrogen-bond donors (Lipinski definition) is 0. The van der Waals surface area contributed by atoms with Crippen LogP contribution < -0.4 is 9.47 Å². The van der Waals surface area contributed by atoms with Crippen LogP contribution in [0.1, 0.15) is 11.1 Å². The van der Waals surface area contributed by atoms with Crippen molar-refractivity contribution in [2.75, 3.05) is 14.2 Å². The molecule has 0 atom stereocenters. The van der Waals surface area contributed by atoms with Crippen LogP contribution in [-0.2, 0) is 6.54 Å². The van der Waals surface area contributed by atoms with Gasteiger partial charge in [-0.25, -0.2) is 0 Å². The van der Waals surface area contributed by atoms with Gasteiger partial charge in [0.25, 0.3) is 0 Å². The molecule has 3 rings (SSSR count). The van der Waals surface area contributed by atoms with Crippen molar-refractivity contribution in [3.8, 4) is 11.5 Å². The van der Waals surface area contributed by atoms with Gasteiger partial charge in [-0.1, -0.05) is 42.1 Å². The van der Waals surface area contributed by atoms with Gasteiger partial charge in [-0.2, -0.15) is 0 Å². The number of fused-ring (bicyclic) bond motifs is 1. The molecule has 0 radical (unpaired) electrons. The van der Waals surface area contributed by atoms with Crippen molar-refractivity contribution in [1.82, 2.24) is 0 Å². The molecule has 0 saturated heterocycles. The van der Waals surface area contributed by atoms with Crippen molar-refractivity contribution in [2.24, 2.45) is 4.99 Å². The Morgan fingerprint density at radius 2 is 1.70 bits per heavy atom. The fourth-order valence-electron chi connectivity index (χ4n) is 2.15. The molecule has 4 heteroatoms. The Hall–Kier alpha value is -1.94. The van der Waals surface area contributed by atoms with Crippen molar-refractivity contribution >= 4 is 16.8 Å². The van der Waals surface area contributed by atoms with E-state index in [1.54, 1.807) is 26.0 Å². The summed E-state index contributed by atoms with van der Waals surface area (Å²) < 4.78 is 10.7. The molecule has 0 aliphatic carbocycles. The fourth-order valence-corrected chi connectivity index (χ4v) is 3.16. The smallest absolute Gasteiger partial charge is 0.161 e. The summed E-state index contributed by atoms with van der Waals surface area (Å²) in [5, 5.41) is 1.05. The number of nitrogens with zero attached hydrogens (tertiary/aromatic N) is 1. The molecule has 20 heavy (non-hydrogen) atoms. The number of ether oxygens (including phenoxy) is 2. The van der Waals surface area contributed by atoms with E-state index in [1.807, 2.05) is 30.3 Å². The standard InChI is InChI=1S/C16H15NO2S/c1-18-13-8-12-10-17-16(11-6-4-3-5-7-11)20-15(12)9-14(13)19-2/h3-9H,10H2,1-2H3. The van der Waals surface area contributed by atoms with Gasteiger partial charge in [0.05, 0.1) is 20.8 Å². The maximum absolute atomic E-state index is 5.37. The van der Waals surface area contributed by atoms with Crippen LogP contribution in [-0.4, -0.2) is 19.3 Å². The zero-order valence-electron chi connectivity index (χ0n) is 11.4. The summed E-state index contributed by atoms with van der Waals surface area (Å²) in [4.78, 5) is 5.83. The third-order valence-corrected chi connectivity index (χ3v) is 4.35. The lowest BCUT2D eigenvalue weighted by atomic mass is 10.2. The molecule has 0 N–H and O–H groups in total. The molecule has 0 unspecified atom stereocenters. The molecule has 1 heterocycles. The molecular formula is C16H15NO2S. The van der Waals surface area contributed by atoms with E-state index >= 15 is 0 Å². The highest BCUT2D eigenvalue weighted by Gasteiger charge is 2.18. The summed E-state index contributed by atoms with van der Waals surface area (Å²) >= 11 is 1.67. The molecule has 0 aromatic heterocycles. The molecule has 0 amide bonds. The number of benzene rings is 2. The highest BCUT2D eigenvalue weighted by atomic mass is 32.2. The molecule has 0 bridgehead atoms. The second kappa shape index (κ2) is 5.59. The third kappa shape index (κ3) is 2.39. The number of aliphatic imine (C=N–C) groups is 1. The van der Waals surface area contributed by atoms with Gasteiger partial charge in [-0.05, 0) is 17.7 Å². The molecule has 0 saturated carbocycles. The van der Waals surface area contributed by atoms with Crippen LogP contribution in [0.25, 0.3) is 0 Å². The second-order valence-corrected chi connectivity index (χ2v) is 5.44. The van der Waals surface area contributed by atoms with Crippen LogP contribution >= 0.6 is 11.8 Å². The zero-order chi connectivity index (χ0) is 13.9. The second-order valence-electron chi connectivity index (χ2n) is 4.40. The summed E-state index contributed by atoms with van der Waals surface area (Å²) in [6.07, 6.45) is 0.